The van der Waals surface area contributed by atoms with Gasteiger partial charge < -0.3 is 9.47 Å². The lowest BCUT2D eigenvalue weighted by molar-refractivity contribution is -0.0607. The molecule has 2 atom stereocenters. The van der Waals surface area contributed by atoms with Crippen LogP contribution in [0.3, 0.4) is 0 Å². The van der Waals surface area contributed by atoms with E-state index in [4.69, 9.17) is 32.7 Å². The maximum absolute atomic E-state index is 6.18. The molecule has 1 heterocycles. The lowest BCUT2D eigenvalue weighted by atomic mass is 10.1. The maximum atomic E-state index is 6.18. The summed E-state index contributed by atoms with van der Waals surface area (Å²) in [5.41, 5.74) is 1.79. The first kappa shape index (κ1) is 12.9. The van der Waals surface area contributed by atoms with Gasteiger partial charge in [0.15, 0.2) is 6.29 Å². The van der Waals surface area contributed by atoms with Crippen LogP contribution in [0.15, 0.2) is 48.5 Å². The standard InChI is InChI=1S/C15H12Cl2O2/c16-11-7-4-8-12(17)14(11)13-9-18-15(19-13)10-5-2-1-3-6-10/h1-8,13,15H,9H2. The summed E-state index contributed by atoms with van der Waals surface area (Å²) >= 11 is 12.4. The molecule has 0 N–H and O–H groups in total. The minimum atomic E-state index is -0.362. The maximum Gasteiger partial charge on any atom is 0.184 e. The second-order valence-corrected chi connectivity index (χ2v) is 5.15. The summed E-state index contributed by atoms with van der Waals surface area (Å²) in [6.07, 6.45) is -0.593. The van der Waals surface area contributed by atoms with Crippen LogP contribution in [0.1, 0.15) is 23.5 Å². The van der Waals surface area contributed by atoms with Crippen molar-refractivity contribution >= 4 is 23.2 Å². The van der Waals surface area contributed by atoms with E-state index in [-0.39, 0.29) is 12.4 Å². The molecule has 3 rings (SSSR count). The smallest absolute Gasteiger partial charge is 0.184 e. The molecule has 2 aromatic carbocycles. The Hall–Kier alpha value is -1.06. The molecular formula is C15H12Cl2O2. The van der Waals surface area contributed by atoms with Gasteiger partial charge in [0.05, 0.1) is 6.61 Å². The number of ether oxygens (including phenoxy) is 2. The molecule has 98 valence electrons. The summed E-state index contributed by atoms with van der Waals surface area (Å²) in [6, 6.07) is 15.3. The van der Waals surface area contributed by atoms with Gasteiger partial charge in [-0.3, -0.25) is 0 Å². The Kier molecular flexibility index (Phi) is 3.76. The van der Waals surface area contributed by atoms with Crippen molar-refractivity contribution in [2.45, 2.75) is 12.4 Å². The van der Waals surface area contributed by atoms with Crippen molar-refractivity contribution in [1.82, 2.24) is 0 Å². The molecule has 0 aliphatic carbocycles. The highest BCUT2D eigenvalue weighted by molar-refractivity contribution is 6.36. The predicted molar refractivity (Wildman–Crippen MR) is 75.4 cm³/mol. The Morgan fingerprint density at radius 2 is 1.58 bits per heavy atom. The van der Waals surface area contributed by atoms with Crippen LogP contribution in [-0.4, -0.2) is 6.61 Å². The van der Waals surface area contributed by atoms with E-state index in [1.165, 1.54) is 0 Å². The first-order valence-corrected chi connectivity index (χ1v) is 6.77. The molecule has 1 aliphatic rings. The van der Waals surface area contributed by atoms with E-state index in [1.54, 1.807) is 0 Å². The second kappa shape index (κ2) is 5.51. The molecule has 1 fully saturated rings. The molecule has 0 bridgehead atoms. The van der Waals surface area contributed by atoms with Crippen molar-refractivity contribution in [2.75, 3.05) is 6.61 Å². The quantitative estimate of drug-likeness (QED) is 0.793. The highest BCUT2D eigenvalue weighted by Crippen LogP contribution is 2.40. The van der Waals surface area contributed by atoms with E-state index < -0.39 is 0 Å². The minimum absolute atomic E-state index is 0.230. The Bertz CT molecular complexity index is 551. The molecule has 19 heavy (non-hydrogen) atoms. The van der Waals surface area contributed by atoms with Gasteiger partial charge in [0, 0.05) is 21.2 Å². The molecule has 2 unspecified atom stereocenters. The Labute approximate surface area is 121 Å². The van der Waals surface area contributed by atoms with Gasteiger partial charge in [0.2, 0.25) is 0 Å². The van der Waals surface area contributed by atoms with E-state index >= 15 is 0 Å². The van der Waals surface area contributed by atoms with Gasteiger partial charge in [-0.05, 0) is 12.1 Å². The summed E-state index contributed by atoms with van der Waals surface area (Å²) in [5.74, 6) is 0. The fourth-order valence-electron chi connectivity index (χ4n) is 2.16. The van der Waals surface area contributed by atoms with Crippen molar-refractivity contribution in [3.05, 3.63) is 69.7 Å². The number of rotatable bonds is 2. The second-order valence-electron chi connectivity index (χ2n) is 4.34. The van der Waals surface area contributed by atoms with Crippen LogP contribution < -0.4 is 0 Å². The summed E-state index contributed by atoms with van der Waals surface area (Å²) in [7, 11) is 0. The molecule has 2 aromatic rings. The Morgan fingerprint density at radius 1 is 0.895 bits per heavy atom. The van der Waals surface area contributed by atoms with Gasteiger partial charge in [-0.25, -0.2) is 0 Å². The van der Waals surface area contributed by atoms with Crippen molar-refractivity contribution in [2.24, 2.45) is 0 Å². The summed E-state index contributed by atoms with van der Waals surface area (Å²) in [6.45, 7) is 0.447. The Morgan fingerprint density at radius 3 is 2.26 bits per heavy atom. The van der Waals surface area contributed by atoms with E-state index in [0.717, 1.165) is 11.1 Å². The van der Waals surface area contributed by atoms with E-state index in [2.05, 4.69) is 0 Å². The lowest BCUT2D eigenvalue weighted by Gasteiger charge is -2.14. The monoisotopic (exact) mass is 294 g/mol. The summed E-state index contributed by atoms with van der Waals surface area (Å²) in [4.78, 5) is 0. The highest BCUT2D eigenvalue weighted by atomic mass is 35.5. The van der Waals surface area contributed by atoms with E-state index in [1.807, 2.05) is 48.5 Å². The van der Waals surface area contributed by atoms with Crippen molar-refractivity contribution in [1.29, 1.82) is 0 Å². The first-order chi connectivity index (χ1) is 9.25. The molecular weight excluding hydrogens is 283 g/mol. The third kappa shape index (κ3) is 2.63. The number of benzene rings is 2. The van der Waals surface area contributed by atoms with E-state index in [9.17, 15) is 0 Å². The fraction of sp³-hybridized carbons (Fsp3) is 0.200. The van der Waals surface area contributed by atoms with Crippen LogP contribution in [0.25, 0.3) is 0 Å². The third-order valence-electron chi connectivity index (χ3n) is 3.08. The van der Waals surface area contributed by atoms with Crippen LogP contribution in [0.4, 0.5) is 0 Å². The fourth-order valence-corrected chi connectivity index (χ4v) is 2.80. The highest BCUT2D eigenvalue weighted by Gasteiger charge is 2.31. The van der Waals surface area contributed by atoms with E-state index in [0.29, 0.717) is 16.7 Å². The molecule has 1 aliphatic heterocycles. The van der Waals surface area contributed by atoms with Gasteiger partial charge in [0.1, 0.15) is 6.10 Å². The largest absolute Gasteiger partial charge is 0.345 e. The lowest BCUT2D eigenvalue weighted by Crippen LogP contribution is -2.02. The SMILES string of the molecule is Clc1cccc(Cl)c1C1COC(c2ccccc2)O1. The van der Waals surface area contributed by atoms with Crippen molar-refractivity contribution < 1.29 is 9.47 Å². The molecule has 1 saturated heterocycles. The van der Waals surface area contributed by atoms with Gasteiger partial charge in [0.25, 0.3) is 0 Å². The van der Waals surface area contributed by atoms with Crippen LogP contribution in [0.5, 0.6) is 0 Å². The van der Waals surface area contributed by atoms with Crippen LogP contribution in [0, 0.1) is 0 Å². The molecule has 0 aromatic heterocycles. The number of halogens is 2. The minimum Gasteiger partial charge on any atom is -0.345 e. The third-order valence-corrected chi connectivity index (χ3v) is 3.74. The molecule has 0 saturated carbocycles. The zero-order chi connectivity index (χ0) is 13.2. The molecule has 0 radical (unpaired) electrons. The summed E-state index contributed by atoms with van der Waals surface area (Å²) in [5, 5.41) is 1.21. The molecule has 0 amide bonds. The first-order valence-electron chi connectivity index (χ1n) is 6.01. The average molecular weight is 295 g/mol. The normalized spacial score (nSPS) is 22.6. The van der Waals surface area contributed by atoms with Crippen molar-refractivity contribution in [3.8, 4) is 0 Å². The summed E-state index contributed by atoms with van der Waals surface area (Å²) < 4.78 is 11.6. The zero-order valence-electron chi connectivity index (χ0n) is 10.1. The van der Waals surface area contributed by atoms with Gasteiger partial charge in [-0.15, -0.1) is 0 Å². The van der Waals surface area contributed by atoms with Crippen molar-refractivity contribution in [3.63, 3.8) is 0 Å². The predicted octanol–water partition coefficient (Wildman–Crippen LogP) is 4.78. The van der Waals surface area contributed by atoms with Crippen LogP contribution in [-0.2, 0) is 9.47 Å². The topological polar surface area (TPSA) is 18.5 Å². The number of hydrogen-bond acceptors (Lipinski definition) is 2. The van der Waals surface area contributed by atoms with Gasteiger partial charge in [-0.1, -0.05) is 59.6 Å². The average Bonchev–Trinajstić information content (AvgIpc) is 2.89. The molecule has 4 heteroatoms. The number of hydrogen-bond donors (Lipinski definition) is 0. The zero-order valence-corrected chi connectivity index (χ0v) is 11.6. The van der Waals surface area contributed by atoms with Crippen LogP contribution >= 0.6 is 23.2 Å². The molecule has 0 spiro atoms. The Balaban J connectivity index is 1.83. The van der Waals surface area contributed by atoms with Gasteiger partial charge >= 0.3 is 0 Å². The van der Waals surface area contributed by atoms with Gasteiger partial charge in [-0.2, -0.15) is 0 Å². The molecule has 2 nitrogen and oxygen atoms in total. The van der Waals surface area contributed by atoms with Crippen LogP contribution in [0.2, 0.25) is 10.0 Å².